The van der Waals surface area contributed by atoms with Gasteiger partial charge in [0.15, 0.2) is 28.9 Å². The number of ketones is 5. The fraction of sp³-hybridized carbons (Fsp3) is 0.425. The lowest BCUT2D eigenvalue weighted by Gasteiger charge is -2.33. The fourth-order valence-electron chi connectivity index (χ4n) is 15.0. The van der Waals surface area contributed by atoms with Crippen molar-refractivity contribution in [1.29, 1.82) is 0 Å². The van der Waals surface area contributed by atoms with Crippen molar-refractivity contribution in [3.05, 3.63) is 293 Å². The Bertz CT molecular complexity index is 4830. The van der Waals surface area contributed by atoms with Crippen molar-refractivity contribution in [3.8, 4) is 39.9 Å². The molecule has 8 aromatic rings. The molecule has 11 rings (SSSR count). The van der Waals surface area contributed by atoms with Crippen LogP contribution in [0, 0.1) is 57.3 Å². The maximum absolute atomic E-state index is 12.9. The van der Waals surface area contributed by atoms with E-state index in [9.17, 15) is 43.2 Å². The molecule has 3 aliphatic rings. The average molecular weight is 1800 g/mol. The van der Waals surface area contributed by atoms with Crippen molar-refractivity contribution in [2.75, 3.05) is 52.9 Å². The molecule has 0 radical (unpaired) electrons. The Morgan fingerprint density at radius 2 is 0.735 bits per heavy atom. The number of benzene rings is 8. The number of hydrogen-bond donors (Lipinski definition) is 0. The summed E-state index contributed by atoms with van der Waals surface area (Å²) in [5.74, 6) is 4.20. The van der Waals surface area contributed by atoms with Crippen LogP contribution in [0.5, 0.6) is 28.7 Å². The molecule has 0 spiro atoms. The lowest BCUT2D eigenvalue weighted by molar-refractivity contribution is -0.138. The quantitative estimate of drug-likeness (QED) is 0.00859. The monoisotopic (exact) mass is 1800 g/mol. The first-order valence-electron chi connectivity index (χ1n) is 46.9. The Morgan fingerprint density at radius 1 is 0.379 bits per heavy atom. The molecule has 132 heavy (non-hydrogen) atoms. The molecule has 708 valence electrons. The summed E-state index contributed by atoms with van der Waals surface area (Å²) in [6.45, 7) is 44.8. The molecule has 0 saturated carbocycles. The number of fused-ring (bicyclic) bond motifs is 2. The average Bonchev–Trinajstić information content (AvgIpc) is 1.09. The maximum Gasteiger partial charge on any atom is 0.335 e. The molecule has 3 heterocycles. The van der Waals surface area contributed by atoms with Crippen molar-refractivity contribution < 1.29 is 90.5 Å². The molecular weight excluding hydrogens is 1660 g/mol. The van der Waals surface area contributed by atoms with Gasteiger partial charge in [0.2, 0.25) is 0 Å². The maximum atomic E-state index is 12.9. The number of unbranched alkanes of at least 4 members (excludes halogenated alkanes) is 11. The summed E-state index contributed by atoms with van der Waals surface area (Å²) in [4.78, 5) is 104. The number of carbonyl (C=O) groups excluding carboxylic acids is 9. The lowest BCUT2D eigenvalue weighted by Crippen LogP contribution is -2.24. The number of ether oxygens (including phenoxy) is 10. The van der Waals surface area contributed by atoms with E-state index < -0.39 is 17.9 Å². The molecule has 3 aliphatic heterocycles. The molecular formula is C113H142O19. The molecule has 8 atom stereocenters. The van der Waals surface area contributed by atoms with E-state index in [0.29, 0.717) is 103 Å². The second-order valence-electron chi connectivity index (χ2n) is 34.2. The van der Waals surface area contributed by atoms with Gasteiger partial charge in [-0.1, -0.05) is 211 Å². The standard InChI is InChI=1S/C31H40O5.C24H28O3.C20H24O.2C15H18O4.C8H14O2/c1-4-6-7-10-13-24(3)30(33)25-14-16-26(17-15-25)31(34)27-18-20-28(21-19-27)35-22-11-8-9-12-23-36-29(32)5-2;1-4-6-7-8-9-18(3)24(26)21-12-10-19(11-13-21)20-14-16-22(17-15-20)27-23(25)5-2;1-12-8-15(4)18-11-16(5)20(21-19(18)9-12)17-7-6-13(2)14(3)10-17;2*1-3-15(17)19-11-5-4-10-18-14-8-6-13(7-9-14)12(2)16;1-5-3-9-8-6(2)4-10-7(5)8/h5,14-21,24H,2,4,6-13,22-23H2,1,3H3;5,10-18H,2,4,6-9H2,1,3H3;6-10,16,20H,11H2,1-5H3;2*3,6-9H,1,4-5,10-11H2,2H3;5-8H,3-4H2,1-2H3/t;;16-,20-;;;5-,6+,7-,8-/m..0..1/s1. The first kappa shape index (κ1) is 109. The number of esters is 4. The number of hydrogen-bond acceptors (Lipinski definition) is 19. The van der Waals surface area contributed by atoms with Crippen LogP contribution in [0.2, 0.25) is 0 Å². The number of rotatable bonds is 45. The third-order valence-corrected chi connectivity index (χ3v) is 23.1. The van der Waals surface area contributed by atoms with Crippen LogP contribution in [-0.4, -0.2) is 118 Å². The van der Waals surface area contributed by atoms with Crippen molar-refractivity contribution in [3.63, 3.8) is 0 Å². The van der Waals surface area contributed by atoms with Crippen molar-refractivity contribution >= 4 is 52.8 Å². The molecule has 2 unspecified atom stereocenters. The smallest absolute Gasteiger partial charge is 0.335 e. The van der Waals surface area contributed by atoms with Crippen molar-refractivity contribution in [2.24, 2.45) is 29.6 Å². The zero-order chi connectivity index (χ0) is 96.3. The highest BCUT2D eigenvalue weighted by Crippen LogP contribution is 2.41. The van der Waals surface area contributed by atoms with Crippen molar-refractivity contribution in [1.82, 2.24) is 0 Å². The zero-order valence-corrected chi connectivity index (χ0v) is 80.3. The zero-order valence-electron chi connectivity index (χ0n) is 80.3. The van der Waals surface area contributed by atoms with Gasteiger partial charge in [0.05, 0.1) is 65.1 Å². The van der Waals surface area contributed by atoms with E-state index in [0.717, 1.165) is 155 Å². The molecule has 0 aromatic heterocycles. The van der Waals surface area contributed by atoms with E-state index in [4.69, 9.17) is 47.4 Å². The molecule has 19 nitrogen and oxygen atoms in total. The SMILES string of the molecule is C=CC(=O)OCCCCCCOc1ccc(C(=O)c2ccc(C(=O)C(C)CCCCCC)cc2)cc1.C=CC(=O)OCCCCOc1ccc(C(C)=O)cc1.C=CC(=O)OCCCCOc1ccc(C(C)=O)cc1.C=CC(=O)Oc1ccc(-c2ccc(C(=O)C(C)CCCCCC)cc2)cc1.C[C@@H]1CO[C@H]2[C@@H]1OC[C@@H]2C.Cc1cc(C)c2c(c1)O[C@H](c1ccc(C)c(C)c1)[C@@H](C)C2. The molecule has 0 amide bonds. The number of Topliss-reactive ketones (excluding diaryl/α,β-unsaturated/α-hetero) is 4. The van der Waals surface area contributed by atoms with E-state index in [2.05, 4.69) is 119 Å². The minimum Gasteiger partial charge on any atom is -0.494 e. The van der Waals surface area contributed by atoms with Gasteiger partial charge in [0, 0.05) is 87.3 Å². The first-order valence-corrected chi connectivity index (χ1v) is 46.9. The predicted octanol–water partition coefficient (Wildman–Crippen LogP) is 25.5. The lowest BCUT2D eigenvalue weighted by atomic mass is 9.85. The summed E-state index contributed by atoms with van der Waals surface area (Å²) in [7, 11) is 0. The fourth-order valence-corrected chi connectivity index (χ4v) is 15.0. The minimum absolute atomic E-state index is 0.00187. The van der Waals surface area contributed by atoms with E-state index in [1.807, 2.05) is 50.2 Å². The normalized spacial score (nSPS) is 15.7. The summed E-state index contributed by atoms with van der Waals surface area (Å²) in [5, 5.41) is 0. The molecule has 19 heteroatoms. The minimum atomic E-state index is -0.477. The van der Waals surface area contributed by atoms with Crippen LogP contribution in [0.3, 0.4) is 0 Å². The highest BCUT2D eigenvalue weighted by molar-refractivity contribution is 6.09. The van der Waals surface area contributed by atoms with Crippen LogP contribution in [0.25, 0.3) is 11.1 Å². The second-order valence-corrected chi connectivity index (χ2v) is 34.2. The first-order chi connectivity index (χ1) is 63.5. The largest absolute Gasteiger partial charge is 0.494 e. The summed E-state index contributed by atoms with van der Waals surface area (Å²) in [5.41, 5.74) is 13.9. The predicted molar refractivity (Wildman–Crippen MR) is 524 cm³/mol. The molecule has 2 saturated heterocycles. The summed E-state index contributed by atoms with van der Waals surface area (Å²) < 4.78 is 54.0. The van der Waals surface area contributed by atoms with Gasteiger partial charge in [-0.3, -0.25) is 24.0 Å². The highest BCUT2D eigenvalue weighted by atomic mass is 16.6. The molecule has 0 aliphatic carbocycles. The molecule has 2 fully saturated rings. The molecule has 0 bridgehead atoms. The second kappa shape index (κ2) is 60.2. The molecule has 0 N–H and O–H groups in total. The number of aryl methyl sites for hydroxylation is 4. The summed E-state index contributed by atoms with van der Waals surface area (Å²) >= 11 is 0. The van der Waals surface area contributed by atoms with Crippen LogP contribution in [0.1, 0.15) is 275 Å². The van der Waals surface area contributed by atoms with E-state index in [1.165, 1.54) is 91.8 Å². The Morgan fingerprint density at radius 3 is 1.14 bits per heavy atom. The number of carbonyl (C=O) groups is 9. The van der Waals surface area contributed by atoms with Crippen LogP contribution in [0.15, 0.2) is 227 Å². The van der Waals surface area contributed by atoms with E-state index in [-0.39, 0.29) is 52.8 Å². The van der Waals surface area contributed by atoms with Crippen LogP contribution in [0.4, 0.5) is 0 Å². The highest BCUT2D eigenvalue weighted by Gasteiger charge is 2.43. The van der Waals surface area contributed by atoms with Gasteiger partial charge < -0.3 is 47.4 Å². The van der Waals surface area contributed by atoms with Gasteiger partial charge in [0.25, 0.3) is 0 Å². The van der Waals surface area contributed by atoms with Gasteiger partial charge in [-0.15, -0.1) is 0 Å². The van der Waals surface area contributed by atoms with Crippen LogP contribution < -0.4 is 23.7 Å². The summed E-state index contributed by atoms with van der Waals surface area (Å²) in [6.07, 6.45) is 24.6. The Balaban J connectivity index is 0.000000252. The van der Waals surface area contributed by atoms with E-state index in [1.54, 1.807) is 109 Å². The van der Waals surface area contributed by atoms with Crippen molar-refractivity contribution in [2.45, 2.75) is 230 Å². The molecule has 8 aromatic carbocycles. The van der Waals surface area contributed by atoms with E-state index >= 15 is 0 Å². The van der Waals surface area contributed by atoms with Gasteiger partial charge in [-0.2, -0.15) is 0 Å². The van der Waals surface area contributed by atoms with Gasteiger partial charge in [-0.25, -0.2) is 19.2 Å². The Kier molecular flexibility index (Phi) is 49.6. The third-order valence-electron chi connectivity index (χ3n) is 23.1. The Labute approximate surface area is 784 Å². The summed E-state index contributed by atoms with van der Waals surface area (Å²) in [6, 6.07) is 54.3. The topological polar surface area (TPSA) is 246 Å². The van der Waals surface area contributed by atoms with Crippen LogP contribution in [-0.2, 0) is 49.3 Å². The van der Waals surface area contributed by atoms with Gasteiger partial charge in [0.1, 0.15) is 34.9 Å². The van der Waals surface area contributed by atoms with Gasteiger partial charge >= 0.3 is 23.9 Å². The van der Waals surface area contributed by atoms with Gasteiger partial charge in [-0.05, 0) is 248 Å². The van der Waals surface area contributed by atoms with Crippen LogP contribution >= 0.6 is 0 Å². The third kappa shape index (κ3) is 38.9. The Hall–Kier alpha value is -11.9.